The number of methoxy groups -OCH3 is 3. The molecule has 0 bridgehead atoms. The molecule has 0 saturated carbocycles. The van der Waals surface area contributed by atoms with Crippen LogP contribution >= 0.6 is 23.1 Å². The lowest BCUT2D eigenvalue weighted by Crippen LogP contribution is -2.25. The summed E-state index contributed by atoms with van der Waals surface area (Å²) >= 11 is 2.91. The number of aryl methyl sites for hydroxylation is 1. The molecule has 0 spiro atoms. The van der Waals surface area contributed by atoms with E-state index >= 15 is 0 Å². The van der Waals surface area contributed by atoms with E-state index in [2.05, 4.69) is 10.6 Å². The average Bonchev–Trinajstić information content (AvgIpc) is 3.30. The number of amides is 2. The van der Waals surface area contributed by atoms with Crippen molar-refractivity contribution in [3.8, 4) is 11.5 Å². The summed E-state index contributed by atoms with van der Waals surface area (Å²) in [5.74, 6) is 0.142. The van der Waals surface area contributed by atoms with Gasteiger partial charge in [-0.15, -0.1) is 23.1 Å². The van der Waals surface area contributed by atoms with E-state index in [4.69, 9.17) is 14.2 Å². The molecule has 2 amide bonds. The summed E-state index contributed by atoms with van der Waals surface area (Å²) in [4.78, 5) is 41.1. The first-order valence-electron chi connectivity index (χ1n) is 13.7. The van der Waals surface area contributed by atoms with Gasteiger partial charge in [-0.2, -0.15) is 0 Å². The summed E-state index contributed by atoms with van der Waals surface area (Å²) in [6.07, 6.45) is 6.72. The number of fused-ring (bicyclic) bond motifs is 1. The molecule has 41 heavy (non-hydrogen) atoms. The summed E-state index contributed by atoms with van der Waals surface area (Å²) in [7, 11) is 4.44. The van der Waals surface area contributed by atoms with E-state index in [1.54, 1.807) is 31.4 Å². The summed E-state index contributed by atoms with van der Waals surface area (Å²) in [5, 5.41) is 6.13. The predicted octanol–water partition coefficient (Wildman–Crippen LogP) is 6.97. The van der Waals surface area contributed by atoms with E-state index in [0.717, 1.165) is 42.6 Å². The molecule has 3 aromatic rings. The first-order chi connectivity index (χ1) is 19.9. The summed E-state index contributed by atoms with van der Waals surface area (Å²) < 4.78 is 15.7. The molecule has 0 saturated heterocycles. The molecule has 1 aliphatic carbocycles. The Morgan fingerprint density at radius 2 is 1.68 bits per heavy atom. The summed E-state index contributed by atoms with van der Waals surface area (Å²) in [6.45, 7) is 1.95. The molecule has 10 heteroatoms. The van der Waals surface area contributed by atoms with Crippen molar-refractivity contribution < 1.29 is 28.6 Å². The van der Waals surface area contributed by atoms with Crippen molar-refractivity contribution in [2.75, 3.05) is 32.0 Å². The van der Waals surface area contributed by atoms with Crippen LogP contribution in [0.3, 0.4) is 0 Å². The van der Waals surface area contributed by atoms with E-state index in [9.17, 15) is 14.4 Å². The largest absolute Gasteiger partial charge is 0.493 e. The average molecular weight is 597 g/mol. The Kier molecular flexibility index (Phi) is 10.7. The van der Waals surface area contributed by atoms with Gasteiger partial charge in [-0.1, -0.05) is 25.8 Å². The Morgan fingerprint density at radius 1 is 0.927 bits per heavy atom. The van der Waals surface area contributed by atoms with Crippen molar-refractivity contribution >= 4 is 51.6 Å². The van der Waals surface area contributed by atoms with Crippen molar-refractivity contribution in [2.24, 2.45) is 0 Å². The number of esters is 1. The maximum atomic E-state index is 13.5. The third-order valence-electron chi connectivity index (χ3n) is 6.98. The maximum Gasteiger partial charge on any atom is 0.341 e. The van der Waals surface area contributed by atoms with Crippen LogP contribution in [-0.4, -0.2) is 44.4 Å². The molecule has 0 fully saturated rings. The normalized spacial score (nSPS) is 13.7. The molecule has 1 aliphatic rings. The highest BCUT2D eigenvalue weighted by Crippen LogP contribution is 2.38. The van der Waals surface area contributed by atoms with Crippen LogP contribution in [0.1, 0.15) is 70.2 Å². The van der Waals surface area contributed by atoms with Crippen LogP contribution in [0.15, 0.2) is 47.4 Å². The Bertz CT molecular complexity index is 1400. The number of thioether (sulfide) groups is 1. The number of anilines is 2. The fraction of sp³-hybridized carbons (Fsp3) is 0.387. The first-order valence-corrected chi connectivity index (χ1v) is 15.4. The Balaban J connectivity index is 1.48. The zero-order valence-corrected chi connectivity index (χ0v) is 25.5. The van der Waals surface area contributed by atoms with Crippen molar-refractivity contribution in [3.05, 3.63) is 64.0 Å². The molecule has 1 unspecified atom stereocenters. The minimum Gasteiger partial charge on any atom is -0.493 e. The Hall–Kier alpha value is -3.50. The lowest BCUT2D eigenvalue weighted by Gasteiger charge is -2.16. The van der Waals surface area contributed by atoms with Crippen LogP contribution in [-0.2, 0) is 22.4 Å². The van der Waals surface area contributed by atoms with Gasteiger partial charge < -0.3 is 24.8 Å². The summed E-state index contributed by atoms with van der Waals surface area (Å²) in [5.41, 5.74) is 2.56. The quantitative estimate of drug-likeness (QED) is 0.192. The second-order valence-electron chi connectivity index (χ2n) is 9.67. The Morgan fingerprint density at radius 3 is 2.39 bits per heavy atom. The second-order valence-corrected chi connectivity index (χ2v) is 12.1. The third-order valence-corrected chi connectivity index (χ3v) is 9.54. The standard InChI is InChI=1S/C31H36N2O6S2/c1-5-25(29(35)33-30-27(31(36)39-4)22-13-8-6-7-9-14-26(22)41-30)40-21-12-10-11-20(18-21)32-28(34)19-15-16-23(37-2)24(17-19)38-3/h10-12,15-18,25H,5-9,13-14H2,1-4H3,(H,32,34)(H,33,35). The monoisotopic (exact) mass is 596 g/mol. The number of nitrogens with one attached hydrogen (secondary N) is 2. The minimum absolute atomic E-state index is 0.170. The molecule has 0 radical (unpaired) electrons. The van der Waals surface area contributed by atoms with Crippen molar-refractivity contribution in [1.82, 2.24) is 0 Å². The number of carbonyl (C=O) groups is 3. The second kappa shape index (κ2) is 14.4. The number of benzene rings is 2. The molecule has 4 rings (SSSR count). The highest BCUT2D eigenvalue weighted by Gasteiger charge is 2.28. The predicted molar refractivity (Wildman–Crippen MR) is 164 cm³/mol. The first kappa shape index (κ1) is 30.5. The molecule has 1 atom stereocenters. The summed E-state index contributed by atoms with van der Waals surface area (Å²) in [6, 6.07) is 12.4. The van der Waals surface area contributed by atoms with Crippen LogP contribution in [0.4, 0.5) is 10.7 Å². The minimum atomic E-state index is -0.406. The van der Waals surface area contributed by atoms with Gasteiger partial charge in [0, 0.05) is 21.0 Å². The third kappa shape index (κ3) is 7.42. The maximum absolute atomic E-state index is 13.5. The Labute approximate surface area is 249 Å². The highest BCUT2D eigenvalue weighted by atomic mass is 32.2. The number of thiophene rings is 1. The lowest BCUT2D eigenvalue weighted by molar-refractivity contribution is -0.115. The van der Waals surface area contributed by atoms with Gasteiger partial charge in [-0.05, 0) is 74.1 Å². The molecule has 0 aliphatic heterocycles. The van der Waals surface area contributed by atoms with Crippen molar-refractivity contribution in [3.63, 3.8) is 0 Å². The van der Waals surface area contributed by atoms with Gasteiger partial charge in [-0.3, -0.25) is 9.59 Å². The zero-order chi connectivity index (χ0) is 29.4. The van der Waals surface area contributed by atoms with Crippen molar-refractivity contribution in [2.45, 2.75) is 62.0 Å². The van der Waals surface area contributed by atoms with Gasteiger partial charge in [-0.25, -0.2) is 4.79 Å². The zero-order valence-electron chi connectivity index (χ0n) is 23.8. The van der Waals surface area contributed by atoms with Crippen LogP contribution in [0.2, 0.25) is 0 Å². The number of hydrogen-bond acceptors (Lipinski definition) is 8. The van der Waals surface area contributed by atoms with Gasteiger partial charge in [0.25, 0.3) is 5.91 Å². The number of hydrogen-bond donors (Lipinski definition) is 2. The van der Waals surface area contributed by atoms with E-state index in [0.29, 0.717) is 39.7 Å². The van der Waals surface area contributed by atoms with E-state index in [1.807, 2.05) is 25.1 Å². The topological polar surface area (TPSA) is 103 Å². The van der Waals surface area contributed by atoms with Crippen molar-refractivity contribution in [1.29, 1.82) is 0 Å². The van der Waals surface area contributed by atoms with Gasteiger partial charge in [0.1, 0.15) is 5.00 Å². The molecule has 218 valence electrons. The smallest absolute Gasteiger partial charge is 0.341 e. The molecular weight excluding hydrogens is 560 g/mol. The number of rotatable bonds is 10. The van der Waals surface area contributed by atoms with Crippen LogP contribution in [0.5, 0.6) is 11.5 Å². The molecular formula is C31H36N2O6S2. The molecule has 2 aromatic carbocycles. The fourth-order valence-electron chi connectivity index (χ4n) is 4.83. The lowest BCUT2D eigenvalue weighted by atomic mass is 9.96. The van der Waals surface area contributed by atoms with Crippen LogP contribution in [0.25, 0.3) is 0 Å². The van der Waals surface area contributed by atoms with Gasteiger partial charge in [0.05, 0.1) is 32.1 Å². The van der Waals surface area contributed by atoms with E-state index in [1.165, 1.54) is 48.6 Å². The number of carbonyl (C=O) groups excluding carboxylic acids is 3. The SMILES string of the molecule is CCC(Sc1cccc(NC(=O)c2ccc(OC)c(OC)c2)c1)C(=O)Nc1sc2c(c1C(=O)OC)CCCCCC2. The highest BCUT2D eigenvalue weighted by molar-refractivity contribution is 8.00. The van der Waals surface area contributed by atoms with E-state index < -0.39 is 11.2 Å². The molecule has 1 aromatic heterocycles. The van der Waals surface area contributed by atoms with E-state index in [-0.39, 0.29) is 11.8 Å². The van der Waals surface area contributed by atoms with Gasteiger partial charge >= 0.3 is 5.97 Å². The molecule has 1 heterocycles. The van der Waals surface area contributed by atoms with Gasteiger partial charge in [0.2, 0.25) is 5.91 Å². The van der Waals surface area contributed by atoms with Crippen LogP contribution in [0, 0.1) is 0 Å². The fourth-order valence-corrected chi connectivity index (χ4v) is 7.13. The number of ether oxygens (including phenoxy) is 3. The molecule has 2 N–H and O–H groups in total. The van der Waals surface area contributed by atoms with Crippen LogP contribution < -0.4 is 20.1 Å². The molecule has 8 nitrogen and oxygen atoms in total. The van der Waals surface area contributed by atoms with Gasteiger partial charge in [0.15, 0.2) is 11.5 Å².